The second-order valence-corrected chi connectivity index (χ2v) is 7.91. The van der Waals surface area contributed by atoms with Crippen molar-refractivity contribution in [3.05, 3.63) is 107 Å². The molecule has 0 aliphatic heterocycles. The molecule has 1 N–H and O–H groups in total. The Kier molecular flexibility index (Phi) is 5.65. The molecule has 4 heteroatoms. The van der Waals surface area contributed by atoms with Gasteiger partial charge in [-0.05, 0) is 53.4 Å². The molecule has 2 nitrogen and oxygen atoms in total. The van der Waals surface area contributed by atoms with Gasteiger partial charge in [-0.1, -0.05) is 60.1 Å². The molecule has 4 rings (SSSR count). The first-order chi connectivity index (χ1) is 13.7. The highest BCUT2D eigenvalue weighted by molar-refractivity contribution is 7.98. The second kappa shape index (κ2) is 8.51. The smallest absolute Gasteiger partial charge is 0.255 e. The Bertz CT molecular complexity index is 1100. The normalized spacial score (nSPS) is 10.8. The molecule has 4 aromatic rings. The third kappa shape index (κ3) is 4.38. The number of nitrogens with one attached hydrogen (secondary N) is 1. The van der Waals surface area contributed by atoms with Gasteiger partial charge in [-0.25, -0.2) is 0 Å². The van der Waals surface area contributed by atoms with E-state index in [4.69, 9.17) is 11.6 Å². The quantitative estimate of drug-likeness (QED) is 0.362. The number of rotatable bonds is 5. The first-order valence-corrected chi connectivity index (χ1v) is 10.3. The van der Waals surface area contributed by atoms with Crippen LogP contribution in [-0.2, 0) is 5.75 Å². The largest absolute Gasteiger partial charge is 0.321 e. The minimum Gasteiger partial charge on any atom is -0.321 e. The van der Waals surface area contributed by atoms with E-state index in [-0.39, 0.29) is 5.91 Å². The van der Waals surface area contributed by atoms with Gasteiger partial charge in [-0.3, -0.25) is 4.79 Å². The highest BCUT2D eigenvalue weighted by Crippen LogP contribution is 2.25. The van der Waals surface area contributed by atoms with Gasteiger partial charge in [0.1, 0.15) is 0 Å². The molecule has 0 unspecified atom stereocenters. The van der Waals surface area contributed by atoms with Crippen LogP contribution >= 0.6 is 23.4 Å². The molecule has 0 saturated heterocycles. The summed E-state index contributed by atoms with van der Waals surface area (Å²) >= 11 is 7.66. The molecule has 0 aliphatic rings. The molecule has 0 heterocycles. The van der Waals surface area contributed by atoms with E-state index in [1.165, 1.54) is 10.5 Å². The van der Waals surface area contributed by atoms with E-state index in [1.807, 2.05) is 91.0 Å². The molecule has 4 aromatic carbocycles. The molecule has 0 radical (unpaired) electrons. The van der Waals surface area contributed by atoms with Gasteiger partial charge in [0.15, 0.2) is 0 Å². The number of thioether (sulfide) groups is 1. The minimum absolute atomic E-state index is 0.103. The Balaban J connectivity index is 1.43. The van der Waals surface area contributed by atoms with Crippen LogP contribution in [0.25, 0.3) is 10.8 Å². The number of hydrogen-bond donors (Lipinski definition) is 1. The van der Waals surface area contributed by atoms with Crippen molar-refractivity contribution in [1.29, 1.82) is 0 Å². The zero-order valence-corrected chi connectivity index (χ0v) is 16.6. The molecule has 0 aliphatic carbocycles. The van der Waals surface area contributed by atoms with Gasteiger partial charge in [-0.15, -0.1) is 11.8 Å². The van der Waals surface area contributed by atoms with E-state index in [1.54, 1.807) is 11.8 Å². The third-order valence-corrected chi connectivity index (χ3v) is 5.81. The topological polar surface area (TPSA) is 29.1 Å². The van der Waals surface area contributed by atoms with Gasteiger partial charge in [-0.2, -0.15) is 0 Å². The van der Waals surface area contributed by atoms with Gasteiger partial charge in [0.2, 0.25) is 0 Å². The number of carbonyl (C=O) groups is 1. The van der Waals surface area contributed by atoms with Gasteiger partial charge < -0.3 is 5.32 Å². The predicted molar refractivity (Wildman–Crippen MR) is 119 cm³/mol. The first kappa shape index (κ1) is 18.6. The molecule has 0 fully saturated rings. The van der Waals surface area contributed by atoms with Crippen LogP contribution < -0.4 is 5.32 Å². The van der Waals surface area contributed by atoms with E-state index in [0.29, 0.717) is 5.56 Å². The van der Waals surface area contributed by atoms with E-state index in [2.05, 4.69) is 5.32 Å². The lowest BCUT2D eigenvalue weighted by Gasteiger charge is -2.09. The van der Waals surface area contributed by atoms with Crippen LogP contribution in [0.4, 0.5) is 5.69 Å². The Labute approximate surface area is 173 Å². The van der Waals surface area contributed by atoms with Crippen LogP contribution in [0.5, 0.6) is 0 Å². The van der Waals surface area contributed by atoms with Crippen LogP contribution in [0.2, 0.25) is 5.02 Å². The average Bonchev–Trinajstić information content (AvgIpc) is 2.74. The number of halogens is 1. The standard InChI is InChI=1S/C24H18ClNOS/c25-20-12-14-21(15-13-20)28-16-17-8-10-19(11-9-17)24(27)26-23-7-3-5-18-4-1-2-6-22(18)23/h1-15H,16H2,(H,26,27). The molecule has 28 heavy (non-hydrogen) atoms. The summed E-state index contributed by atoms with van der Waals surface area (Å²) in [4.78, 5) is 13.8. The number of fused-ring (bicyclic) bond motifs is 1. The van der Waals surface area contributed by atoms with Crippen molar-refractivity contribution in [1.82, 2.24) is 0 Å². The summed E-state index contributed by atoms with van der Waals surface area (Å²) in [5, 5.41) is 5.91. The first-order valence-electron chi connectivity index (χ1n) is 8.95. The van der Waals surface area contributed by atoms with Crippen LogP contribution in [0, 0.1) is 0 Å². The molecule has 0 spiro atoms. The zero-order chi connectivity index (χ0) is 19.3. The summed E-state index contributed by atoms with van der Waals surface area (Å²) in [6.45, 7) is 0. The molecule has 138 valence electrons. The summed E-state index contributed by atoms with van der Waals surface area (Å²) < 4.78 is 0. The number of anilines is 1. The maximum Gasteiger partial charge on any atom is 0.255 e. The lowest BCUT2D eigenvalue weighted by molar-refractivity contribution is 0.102. The Morgan fingerprint density at radius 3 is 2.32 bits per heavy atom. The van der Waals surface area contributed by atoms with Gasteiger partial charge >= 0.3 is 0 Å². The van der Waals surface area contributed by atoms with Crippen molar-refractivity contribution in [3.8, 4) is 0 Å². The minimum atomic E-state index is -0.103. The second-order valence-electron chi connectivity index (χ2n) is 6.42. The lowest BCUT2D eigenvalue weighted by Crippen LogP contribution is -2.12. The highest BCUT2D eigenvalue weighted by Gasteiger charge is 2.08. The fraction of sp³-hybridized carbons (Fsp3) is 0.0417. The van der Waals surface area contributed by atoms with Crippen molar-refractivity contribution in [2.45, 2.75) is 10.6 Å². The zero-order valence-electron chi connectivity index (χ0n) is 15.1. The number of amides is 1. The summed E-state index contributed by atoms with van der Waals surface area (Å²) in [6.07, 6.45) is 0. The number of benzene rings is 4. The molecule has 1 amide bonds. The summed E-state index contributed by atoms with van der Waals surface area (Å²) in [5.41, 5.74) is 2.64. The fourth-order valence-electron chi connectivity index (χ4n) is 2.98. The van der Waals surface area contributed by atoms with Gasteiger partial charge in [0.25, 0.3) is 5.91 Å². The number of hydrogen-bond acceptors (Lipinski definition) is 2. The van der Waals surface area contributed by atoms with Crippen molar-refractivity contribution in [3.63, 3.8) is 0 Å². The average molecular weight is 404 g/mol. The Hall–Kier alpha value is -2.75. The molecule has 0 atom stereocenters. The maximum absolute atomic E-state index is 12.7. The lowest BCUT2D eigenvalue weighted by atomic mass is 10.1. The highest BCUT2D eigenvalue weighted by atomic mass is 35.5. The van der Waals surface area contributed by atoms with Crippen molar-refractivity contribution < 1.29 is 4.79 Å². The number of carbonyl (C=O) groups excluding carboxylic acids is 1. The van der Waals surface area contributed by atoms with Gasteiger partial charge in [0.05, 0.1) is 0 Å². The van der Waals surface area contributed by atoms with E-state index in [0.717, 1.165) is 27.2 Å². The Morgan fingerprint density at radius 1 is 0.821 bits per heavy atom. The van der Waals surface area contributed by atoms with Crippen LogP contribution in [0.1, 0.15) is 15.9 Å². The molecule has 0 bridgehead atoms. The maximum atomic E-state index is 12.7. The van der Waals surface area contributed by atoms with E-state index in [9.17, 15) is 4.79 Å². The van der Waals surface area contributed by atoms with Crippen molar-refractivity contribution in [2.24, 2.45) is 0 Å². The van der Waals surface area contributed by atoms with Crippen LogP contribution in [0.15, 0.2) is 95.9 Å². The van der Waals surface area contributed by atoms with Crippen LogP contribution in [0.3, 0.4) is 0 Å². The van der Waals surface area contributed by atoms with E-state index >= 15 is 0 Å². The predicted octanol–water partition coefficient (Wildman–Crippen LogP) is 7.04. The molecule has 0 saturated carbocycles. The summed E-state index contributed by atoms with van der Waals surface area (Å²) in [7, 11) is 0. The third-order valence-electron chi connectivity index (χ3n) is 4.47. The SMILES string of the molecule is O=C(Nc1cccc2ccccc12)c1ccc(CSc2ccc(Cl)cc2)cc1. The monoisotopic (exact) mass is 403 g/mol. The van der Waals surface area contributed by atoms with E-state index < -0.39 is 0 Å². The fourth-order valence-corrected chi connectivity index (χ4v) is 3.96. The van der Waals surface area contributed by atoms with Crippen molar-refractivity contribution >= 4 is 45.7 Å². The molecular formula is C24H18ClNOS. The van der Waals surface area contributed by atoms with Gasteiger partial charge in [0, 0.05) is 32.3 Å². The summed E-state index contributed by atoms with van der Waals surface area (Å²) in [6, 6.07) is 29.5. The molecule has 0 aromatic heterocycles. The summed E-state index contributed by atoms with van der Waals surface area (Å²) in [5.74, 6) is 0.737. The Morgan fingerprint density at radius 2 is 1.54 bits per heavy atom. The van der Waals surface area contributed by atoms with Crippen LogP contribution in [-0.4, -0.2) is 5.91 Å². The molecular weight excluding hydrogens is 386 g/mol. The van der Waals surface area contributed by atoms with Crippen molar-refractivity contribution in [2.75, 3.05) is 5.32 Å².